The van der Waals surface area contributed by atoms with Crippen LogP contribution in [0.3, 0.4) is 0 Å². The summed E-state index contributed by atoms with van der Waals surface area (Å²) < 4.78 is 34.1. The maximum Gasteiger partial charge on any atom is 0.262 e. The Morgan fingerprint density at radius 2 is 1.38 bits per heavy atom. The van der Waals surface area contributed by atoms with Gasteiger partial charge in [-0.05, 0) is 58.4 Å². The summed E-state index contributed by atoms with van der Waals surface area (Å²) in [5, 5.41) is 2.30. The van der Waals surface area contributed by atoms with Gasteiger partial charge in [-0.2, -0.15) is 0 Å². The lowest BCUT2D eigenvalue weighted by molar-refractivity contribution is -0.109. The van der Waals surface area contributed by atoms with Gasteiger partial charge in [-0.15, -0.1) is 0 Å². The molecule has 206 valence electrons. The van der Waals surface area contributed by atoms with Crippen molar-refractivity contribution in [3.05, 3.63) is 95.3 Å². The van der Waals surface area contributed by atoms with E-state index in [-0.39, 0.29) is 10.9 Å². The molecule has 0 fully saturated rings. The third-order valence-electron chi connectivity index (χ3n) is 7.16. The molecule has 0 aliphatic rings. The highest BCUT2D eigenvalue weighted by Crippen LogP contribution is 2.41. The largest absolute Gasteiger partial charge is 0.497 e. The Kier molecular flexibility index (Phi) is 8.51. The van der Waals surface area contributed by atoms with Gasteiger partial charge < -0.3 is 23.3 Å². The molecule has 0 radical (unpaired) electrons. The smallest absolute Gasteiger partial charge is 0.262 e. The number of aryl methyl sites for hydroxylation is 1. The van der Waals surface area contributed by atoms with E-state index in [0.29, 0.717) is 35.9 Å². The standard InChI is InChI=1S/C32H38NO5P/c1-31(2,38-23-32(3,4)37-6)19-20-33-28-18-17-25(36-5)21-24(28)22-29(30(33)34)39(35,26-13-9-7-10-14-26)27-15-11-8-12-16-27/h7-18,21-22H,19-20,23H2,1-6H3. The van der Waals surface area contributed by atoms with Crippen LogP contribution in [0.4, 0.5) is 0 Å². The van der Waals surface area contributed by atoms with E-state index in [4.69, 9.17) is 14.2 Å². The fraction of sp³-hybridized carbons (Fsp3) is 0.344. The lowest BCUT2D eigenvalue weighted by Gasteiger charge is -2.31. The zero-order valence-electron chi connectivity index (χ0n) is 23.6. The Hall–Kier alpha value is -3.18. The van der Waals surface area contributed by atoms with E-state index < -0.39 is 18.3 Å². The zero-order valence-corrected chi connectivity index (χ0v) is 24.5. The van der Waals surface area contributed by atoms with Gasteiger partial charge in [-0.1, -0.05) is 60.7 Å². The molecule has 0 aliphatic heterocycles. The third kappa shape index (κ3) is 6.19. The zero-order chi connectivity index (χ0) is 28.3. The van der Waals surface area contributed by atoms with Crippen molar-refractivity contribution in [1.29, 1.82) is 0 Å². The first-order chi connectivity index (χ1) is 18.5. The highest BCUT2D eigenvalue weighted by atomic mass is 31.2. The summed E-state index contributed by atoms with van der Waals surface area (Å²) in [6, 6.07) is 25.9. The van der Waals surface area contributed by atoms with Gasteiger partial charge in [0.05, 0.1) is 35.7 Å². The van der Waals surface area contributed by atoms with Gasteiger partial charge >= 0.3 is 0 Å². The molecule has 0 saturated heterocycles. The van der Waals surface area contributed by atoms with E-state index in [2.05, 4.69) is 0 Å². The summed E-state index contributed by atoms with van der Waals surface area (Å²) in [6.45, 7) is 8.78. The van der Waals surface area contributed by atoms with Crippen molar-refractivity contribution < 1.29 is 18.8 Å². The number of hydrogen-bond donors (Lipinski definition) is 0. The molecule has 0 bridgehead atoms. The summed E-state index contributed by atoms with van der Waals surface area (Å²) in [5.41, 5.74) is -0.455. The summed E-state index contributed by atoms with van der Waals surface area (Å²) in [6.07, 6.45) is 0.568. The van der Waals surface area contributed by atoms with Crippen LogP contribution < -0.4 is 26.2 Å². The molecule has 0 N–H and O–H groups in total. The molecule has 6 nitrogen and oxygen atoms in total. The highest BCUT2D eigenvalue weighted by molar-refractivity contribution is 7.85. The SMILES string of the molecule is COc1ccc2c(c1)cc(P(=O)(c1ccccc1)c1ccccc1)c(=O)n2CCC(C)(C)OCC(C)(C)OC. The van der Waals surface area contributed by atoms with Crippen LogP contribution in [0.25, 0.3) is 10.9 Å². The predicted molar refractivity (Wildman–Crippen MR) is 160 cm³/mol. The highest BCUT2D eigenvalue weighted by Gasteiger charge is 2.34. The number of methoxy groups -OCH3 is 2. The van der Waals surface area contributed by atoms with Crippen LogP contribution in [0.2, 0.25) is 0 Å². The topological polar surface area (TPSA) is 66.8 Å². The molecule has 0 atom stereocenters. The Balaban J connectivity index is 1.88. The molecule has 4 rings (SSSR count). The van der Waals surface area contributed by atoms with Crippen molar-refractivity contribution in [3.8, 4) is 5.75 Å². The van der Waals surface area contributed by atoms with Crippen molar-refractivity contribution in [2.75, 3.05) is 20.8 Å². The van der Waals surface area contributed by atoms with Crippen LogP contribution in [-0.4, -0.2) is 36.6 Å². The van der Waals surface area contributed by atoms with Crippen molar-refractivity contribution in [2.45, 2.75) is 51.9 Å². The molecule has 3 aromatic carbocycles. The van der Waals surface area contributed by atoms with E-state index in [1.807, 2.05) is 107 Å². The third-order valence-corrected chi connectivity index (χ3v) is 10.2. The number of fused-ring (bicyclic) bond motifs is 1. The summed E-state index contributed by atoms with van der Waals surface area (Å²) >= 11 is 0. The molecule has 1 aromatic heterocycles. The van der Waals surface area contributed by atoms with Gasteiger partial charge in [0.2, 0.25) is 0 Å². The minimum Gasteiger partial charge on any atom is -0.497 e. The first-order valence-electron chi connectivity index (χ1n) is 13.1. The van der Waals surface area contributed by atoms with Gasteiger partial charge in [0.25, 0.3) is 5.56 Å². The van der Waals surface area contributed by atoms with Gasteiger partial charge in [0, 0.05) is 29.6 Å². The molecule has 0 aliphatic carbocycles. The Morgan fingerprint density at radius 1 is 0.795 bits per heavy atom. The predicted octanol–water partition coefficient (Wildman–Crippen LogP) is 5.26. The first kappa shape index (κ1) is 28.8. The van der Waals surface area contributed by atoms with Crippen LogP contribution in [0, 0.1) is 0 Å². The summed E-state index contributed by atoms with van der Waals surface area (Å²) in [5.74, 6) is 0.665. The second-order valence-corrected chi connectivity index (χ2v) is 13.7. The maximum atomic E-state index is 15.2. The van der Waals surface area contributed by atoms with Crippen LogP contribution in [0.15, 0.2) is 89.7 Å². The van der Waals surface area contributed by atoms with Crippen LogP contribution in [0.1, 0.15) is 34.1 Å². The molecular weight excluding hydrogens is 509 g/mol. The van der Waals surface area contributed by atoms with Crippen molar-refractivity contribution in [2.24, 2.45) is 0 Å². The number of aromatic nitrogens is 1. The van der Waals surface area contributed by atoms with Crippen LogP contribution in [-0.2, 0) is 20.6 Å². The van der Waals surface area contributed by atoms with E-state index in [1.54, 1.807) is 24.9 Å². The first-order valence-corrected chi connectivity index (χ1v) is 14.8. The number of benzene rings is 3. The number of rotatable bonds is 11. The van der Waals surface area contributed by atoms with E-state index in [0.717, 1.165) is 10.9 Å². The summed E-state index contributed by atoms with van der Waals surface area (Å²) in [4.78, 5) is 14.3. The van der Waals surface area contributed by atoms with Gasteiger partial charge in [-0.3, -0.25) is 4.79 Å². The fourth-order valence-corrected chi connectivity index (χ4v) is 7.26. The fourth-order valence-electron chi connectivity index (χ4n) is 4.51. The average Bonchev–Trinajstić information content (AvgIpc) is 2.95. The minimum atomic E-state index is -3.49. The molecule has 0 saturated carbocycles. The molecular formula is C32H38NO5P. The molecule has 39 heavy (non-hydrogen) atoms. The quantitative estimate of drug-likeness (QED) is 0.240. The van der Waals surface area contributed by atoms with Gasteiger partial charge in [0.15, 0.2) is 7.14 Å². The Labute approximate surface area is 230 Å². The summed E-state index contributed by atoms with van der Waals surface area (Å²) in [7, 11) is -0.218. The van der Waals surface area contributed by atoms with Crippen LogP contribution in [0.5, 0.6) is 5.75 Å². The second kappa shape index (κ2) is 11.5. The molecule has 1 heterocycles. The Morgan fingerprint density at radius 3 is 1.92 bits per heavy atom. The lowest BCUT2D eigenvalue weighted by Crippen LogP contribution is -2.41. The number of hydrogen-bond acceptors (Lipinski definition) is 5. The minimum absolute atomic E-state index is 0.267. The lowest BCUT2D eigenvalue weighted by atomic mass is 10.0. The van der Waals surface area contributed by atoms with Crippen molar-refractivity contribution in [3.63, 3.8) is 0 Å². The van der Waals surface area contributed by atoms with E-state index in [9.17, 15) is 4.79 Å². The monoisotopic (exact) mass is 547 g/mol. The van der Waals surface area contributed by atoms with E-state index in [1.165, 1.54) is 0 Å². The normalized spacial score (nSPS) is 12.6. The molecule has 0 unspecified atom stereocenters. The van der Waals surface area contributed by atoms with Crippen molar-refractivity contribution in [1.82, 2.24) is 4.57 Å². The number of nitrogens with zero attached hydrogens (tertiary/aromatic N) is 1. The molecule has 7 heteroatoms. The van der Waals surface area contributed by atoms with Gasteiger partial charge in [0.1, 0.15) is 5.75 Å². The second-order valence-electron chi connectivity index (χ2n) is 11.0. The molecule has 0 spiro atoms. The van der Waals surface area contributed by atoms with Crippen molar-refractivity contribution >= 4 is 34.0 Å². The van der Waals surface area contributed by atoms with Gasteiger partial charge in [-0.25, -0.2) is 0 Å². The Bertz CT molecular complexity index is 1480. The van der Waals surface area contributed by atoms with E-state index >= 15 is 4.57 Å². The number of ether oxygens (including phenoxy) is 3. The molecule has 4 aromatic rings. The molecule has 0 amide bonds. The average molecular weight is 548 g/mol. The number of pyridine rings is 1. The maximum absolute atomic E-state index is 15.2. The van der Waals surface area contributed by atoms with Crippen LogP contribution >= 0.6 is 7.14 Å².